The lowest BCUT2D eigenvalue weighted by molar-refractivity contribution is 0.214. The maximum atomic E-state index is 9.03. The average molecular weight is 166 g/mol. The molecule has 12 heavy (non-hydrogen) atoms. The highest BCUT2D eigenvalue weighted by molar-refractivity contribution is 5.15. The fourth-order valence-electron chi connectivity index (χ4n) is 1.96. The third-order valence-corrected chi connectivity index (χ3v) is 2.83. The summed E-state index contributed by atoms with van der Waals surface area (Å²) in [6.45, 7) is 2.18. The maximum absolute atomic E-state index is 9.03. The molecule has 0 saturated heterocycles. The van der Waals surface area contributed by atoms with E-state index in [1.54, 1.807) is 0 Å². The molecule has 1 aliphatic rings. The van der Waals surface area contributed by atoms with E-state index in [1.807, 2.05) is 0 Å². The monoisotopic (exact) mass is 166 g/mol. The lowest BCUT2D eigenvalue weighted by atomic mass is 9.93. The predicted octanol–water partition coefficient (Wildman–Crippen LogP) is 2.02. The number of nitriles is 1. The number of hydrogen-bond acceptors (Lipinski definition) is 2. The van der Waals surface area contributed by atoms with Crippen molar-refractivity contribution in [2.45, 2.75) is 38.6 Å². The van der Waals surface area contributed by atoms with Gasteiger partial charge in [-0.25, -0.2) is 0 Å². The van der Waals surface area contributed by atoms with Crippen molar-refractivity contribution in [1.29, 1.82) is 5.26 Å². The molecule has 0 amide bonds. The molecule has 0 heterocycles. The second kappa shape index (κ2) is 3.45. The number of rotatable bonds is 4. The van der Waals surface area contributed by atoms with Crippen molar-refractivity contribution in [2.75, 3.05) is 14.1 Å². The van der Waals surface area contributed by atoms with Crippen molar-refractivity contribution in [2.24, 2.45) is 5.41 Å². The zero-order chi connectivity index (χ0) is 9.19. The van der Waals surface area contributed by atoms with Crippen molar-refractivity contribution >= 4 is 0 Å². The summed E-state index contributed by atoms with van der Waals surface area (Å²) in [7, 11) is 4.16. The van der Waals surface area contributed by atoms with E-state index in [-0.39, 0.29) is 5.41 Å². The molecule has 0 aromatic heterocycles. The molecule has 0 spiro atoms. The van der Waals surface area contributed by atoms with E-state index in [2.05, 4.69) is 32.0 Å². The first-order valence-electron chi connectivity index (χ1n) is 4.74. The fourth-order valence-corrected chi connectivity index (χ4v) is 1.96. The van der Waals surface area contributed by atoms with E-state index in [0.717, 1.165) is 19.3 Å². The van der Waals surface area contributed by atoms with Crippen LogP contribution in [0.25, 0.3) is 0 Å². The minimum absolute atomic E-state index is 0.0134. The van der Waals surface area contributed by atoms with Gasteiger partial charge in [-0.3, -0.25) is 0 Å². The van der Waals surface area contributed by atoms with Gasteiger partial charge in [-0.15, -0.1) is 0 Å². The second-order valence-electron chi connectivity index (χ2n) is 4.04. The average Bonchev–Trinajstić information content (AvgIpc) is 2.80. The molecule has 0 aromatic carbocycles. The Hall–Kier alpha value is -0.550. The smallest absolute Gasteiger partial charge is 0.0729 e. The summed E-state index contributed by atoms with van der Waals surface area (Å²) in [5.74, 6) is 0. The van der Waals surface area contributed by atoms with E-state index < -0.39 is 0 Å². The van der Waals surface area contributed by atoms with Crippen LogP contribution in [0.5, 0.6) is 0 Å². The highest BCUT2D eigenvalue weighted by atomic mass is 15.1. The van der Waals surface area contributed by atoms with Crippen molar-refractivity contribution in [3.05, 3.63) is 0 Å². The molecule has 1 rings (SSSR count). The minimum atomic E-state index is 0.0134. The molecule has 1 unspecified atom stereocenters. The summed E-state index contributed by atoms with van der Waals surface area (Å²) < 4.78 is 0. The van der Waals surface area contributed by atoms with Crippen molar-refractivity contribution in [1.82, 2.24) is 4.90 Å². The molecule has 0 N–H and O–H groups in total. The van der Waals surface area contributed by atoms with E-state index in [1.165, 1.54) is 6.42 Å². The van der Waals surface area contributed by atoms with Gasteiger partial charge in [0.25, 0.3) is 0 Å². The molecule has 1 aliphatic carbocycles. The van der Waals surface area contributed by atoms with Crippen LogP contribution in [0, 0.1) is 16.7 Å². The first-order valence-corrected chi connectivity index (χ1v) is 4.74. The Labute approximate surface area is 75.2 Å². The summed E-state index contributed by atoms with van der Waals surface area (Å²) in [5.41, 5.74) is 0.0134. The van der Waals surface area contributed by atoms with Crippen LogP contribution in [0.4, 0.5) is 0 Å². The Kier molecular flexibility index (Phi) is 2.74. The Bertz CT molecular complexity index is 187. The van der Waals surface area contributed by atoms with Gasteiger partial charge >= 0.3 is 0 Å². The zero-order valence-corrected chi connectivity index (χ0v) is 8.30. The van der Waals surface area contributed by atoms with Crippen LogP contribution < -0.4 is 0 Å². The van der Waals surface area contributed by atoms with Gasteiger partial charge in [-0.2, -0.15) is 5.26 Å². The molecule has 1 saturated carbocycles. The van der Waals surface area contributed by atoms with Crippen LogP contribution in [0.1, 0.15) is 32.6 Å². The summed E-state index contributed by atoms with van der Waals surface area (Å²) in [5, 5.41) is 9.03. The predicted molar refractivity (Wildman–Crippen MR) is 49.7 cm³/mol. The largest absolute Gasteiger partial charge is 0.305 e. The van der Waals surface area contributed by atoms with Crippen LogP contribution in [0.3, 0.4) is 0 Å². The van der Waals surface area contributed by atoms with E-state index in [0.29, 0.717) is 6.04 Å². The summed E-state index contributed by atoms with van der Waals surface area (Å²) in [6.07, 6.45) is 4.53. The maximum Gasteiger partial charge on any atom is 0.0729 e. The van der Waals surface area contributed by atoms with Gasteiger partial charge in [0.05, 0.1) is 11.5 Å². The third kappa shape index (κ3) is 1.61. The molecule has 2 nitrogen and oxygen atoms in total. The quantitative estimate of drug-likeness (QED) is 0.639. The van der Waals surface area contributed by atoms with Crippen LogP contribution in [-0.4, -0.2) is 25.0 Å². The standard InChI is InChI=1S/C10H18N2/c1-4-5-9(12(2)3)10(8-11)6-7-10/h9H,4-7H2,1-3H3. The second-order valence-corrected chi connectivity index (χ2v) is 4.04. The van der Waals surface area contributed by atoms with E-state index in [4.69, 9.17) is 5.26 Å². The van der Waals surface area contributed by atoms with Crippen molar-refractivity contribution < 1.29 is 0 Å². The molecular weight excluding hydrogens is 148 g/mol. The minimum Gasteiger partial charge on any atom is -0.305 e. The summed E-state index contributed by atoms with van der Waals surface area (Å²) >= 11 is 0. The first-order chi connectivity index (χ1) is 5.66. The van der Waals surface area contributed by atoms with Gasteiger partial charge in [0, 0.05) is 6.04 Å². The summed E-state index contributed by atoms with van der Waals surface area (Å²) in [6, 6.07) is 2.96. The lowest BCUT2D eigenvalue weighted by Crippen LogP contribution is -2.35. The van der Waals surface area contributed by atoms with Gasteiger partial charge in [0.1, 0.15) is 0 Å². The van der Waals surface area contributed by atoms with Crippen LogP contribution in [-0.2, 0) is 0 Å². The molecule has 0 bridgehead atoms. The Morgan fingerprint density at radius 3 is 2.33 bits per heavy atom. The van der Waals surface area contributed by atoms with Crippen LogP contribution in [0.15, 0.2) is 0 Å². The molecular formula is C10H18N2. The molecule has 0 radical (unpaired) electrons. The van der Waals surface area contributed by atoms with Crippen molar-refractivity contribution in [3.8, 4) is 6.07 Å². The summed E-state index contributed by atoms with van der Waals surface area (Å²) in [4.78, 5) is 2.21. The number of hydrogen-bond donors (Lipinski definition) is 0. The first kappa shape index (κ1) is 9.54. The molecule has 68 valence electrons. The topological polar surface area (TPSA) is 27.0 Å². The van der Waals surface area contributed by atoms with E-state index in [9.17, 15) is 0 Å². The SMILES string of the molecule is CCCC(N(C)C)C1(C#N)CC1. The van der Waals surface area contributed by atoms with Gasteiger partial charge in [-0.05, 0) is 33.4 Å². The number of nitrogens with zero attached hydrogens (tertiary/aromatic N) is 2. The third-order valence-electron chi connectivity index (χ3n) is 2.83. The van der Waals surface area contributed by atoms with Gasteiger partial charge in [0.2, 0.25) is 0 Å². The van der Waals surface area contributed by atoms with Gasteiger partial charge in [-0.1, -0.05) is 13.3 Å². The fraction of sp³-hybridized carbons (Fsp3) is 0.900. The van der Waals surface area contributed by atoms with Crippen LogP contribution in [0.2, 0.25) is 0 Å². The Balaban J connectivity index is 2.60. The Morgan fingerprint density at radius 1 is 1.50 bits per heavy atom. The lowest BCUT2D eigenvalue weighted by Gasteiger charge is -2.27. The van der Waals surface area contributed by atoms with Crippen molar-refractivity contribution in [3.63, 3.8) is 0 Å². The molecule has 0 aromatic rings. The highest BCUT2D eigenvalue weighted by Gasteiger charge is 2.50. The molecule has 0 aliphatic heterocycles. The Morgan fingerprint density at radius 2 is 2.08 bits per heavy atom. The van der Waals surface area contributed by atoms with Gasteiger partial charge in [0.15, 0.2) is 0 Å². The zero-order valence-electron chi connectivity index (χ0n) is 8.30. The molecule has 2 heteroatoms. The van der Waals surface area contributed by atoms with Gasteiger partial charge < -0.3 is 4.90 Å². The van der Waals surface area contributed by atoms with E-state index >= 15 is 0 Å². The van der Waals surface area contributed by atoms with Crippen LogP contribution >= 0.6 is 0 Å². The molecule has 1 fully saturated rings. The molecule has 1 atom stereocenters. The highest BCUT2D eigenvalue weighted by Crippen LogP contribution is 2.50. The normalized spacial score (nSPS) is 21.9.